The second-order valence-electron chi connectivity index (χ2n) is 4.91. The van der Waals surface area contributed by atoms with Crippen molar-refractivity contribution in [1.82, 2.24) is 4.90 Å². The van der Waals surface area contributed by atoms with Gasteiger partial charge in [0.1, 0.15) is 15.6 Å². The zero-order chi connectivity index (χ0) is 15.9. The average Bonchev–Trinajstić information content (AvgIpc) is 2.42. The van der Waals surface area contributed by atoms with Gasteiger partial charge in [-0.1, -0.05) is 17.9 Å². The van der Waals surface area contributed by atoms with Crippen molar-refractivity contribution >= 4 is 9.84 Å². The Balaban J connectivity index is 2.79. The molecule has 0 heterocycles. The highest BCUT2D eigenvalue weighted by Gasteiger charge is 2.08. The molecule has 1 aromatic carbocycles. The van der Waals surface area contributed by atoms with Crippen molar-refractivity contribution in [1.29, 1.82) is 0 Å². The van der Waals surface area contributed by atoms with E-state index in [1.807, 2.05) is 30.1 Å². The quantitative estimate of drug-likeness (QED) is 0.774. The number of nitrogens with two attached hydrogens (primary N) is 1. The maximum Gasteiger partial charge on any atom is 0.148 e. The molecule has 0 radical (unpaired) electrons. The van der Waals surface area contributed by atoms with Crippen LogP contribution in [0.4, 0.5) is 0 Å². The Labute approximate surface area is 127 Å². The van der Waals surface area contributed by atoms with Crippen LogP contribution in [-0.2, 0) is 16.4 Å². The first-order valence-corrected chi connectivity index (χ1v) is 8.64. The summed E-state index contributed by atoms with van der Waals surface area (Å²) < 4.78 is 27.6. The van der Waals surface area contributed by atoms with Crippen LogP contribution < -0.4 is 10.5 Å². The molecule has 0 atom stereocenters. The molecule has 0 fully saturated rings. The topological polar surface area (TPSA) is 72.6 Å². The van der Waals surface area contributed by atoms with Crippen molar-refractivity contribution in [2.24, 2.45) is 5.73 Å². The first kappa shape index (κ1) is 17.5. The Kier molecular flexibility index (Phi) is 6.69. The van der Waals surface area contributed by atoms with Crippen LogP contribution in [0.2, 0.25) is 0 Å². The molecule has 0 aliphatic rings. The first-order valence-electron chi connectivity index (χ1n) is 6.58. The Morgan fingerprint density at radius 1 is 1.38 bits per heavy atom. The second kappa shape index (κ2) is 8.03. The van der Waals surface area contributed by atoms with Crippen LogP contribution in [0.25, 0.3) is 0 Å². The molecule has 0 bridgehead atoms. The zero-order valence-corrected chi connectivity index (χ0v) is 13.5. The maximum atomic E-state index is 11.2. The van der Waals surface area contributed by atoms with Gasteiger partial charge in [0.2, 0.25) is 0 Å². The molecule has 0 unspecified atom stereocenters. The normalized spacial score (nSPS) is 11.1. The first-order chi connectivity index (χ1) is 9.85. The summed E-state index contributed by atoms with van der Waals surface area (Å²) in [5.74, 6) is 6.65. The lowest BCUT2D eigenvalue weighted by atomic mass is 10.1. The van der Waals surface area contributed by atoms with Gasteiger partial charge in [-0.3, -0.25) is 0 Å². The summed E-state index contributed by atoms with van der Waals surface area (Å²) >= 11 is 0. The largest absolute Gasteiger partial charge is 0.495 e. The van der Waals surface area contributed by atoms with Crippen molar-refractivity contribution in [2.75, 3.05) is 39.3 Å². The smallest absolute Gasteiger partial charge is 0.148 e. The lowest BCUT2D eigenvalue weighted by molar-refractivity contribution is 0.346. The van der Waals surface area contributed by atoms with E-state index in [0.29, 0.717) is 25.4 Å². The van der Waals surface area contributed by atoms with E-state index in [9.17, 15) is 8.42 Å². The van der Waals surface area contributed by atoms with Gasteiger partial charge in [0, 0.05) is 19.3 Å². The van der Waals surface area contributed by atoms with Crippen LogP contribution in [0.15, 0.2) is 18.2 Å². The number of sulfone groups is 1. The van der Waals surface area contributed by atoms with E-state index >= 15 is 0 Å². The van der Waals surface area contributed by atoms with Crippen molar-refractivity contribution in [3.05, 3.63) is 29.3 Å². The van der Waals surface area contributed by atoms with Crippen LogP contribution in [0.1, 0.15) is 11.1 Å². The number of hydrogen-bond acceptors (Lipinski definition) is 5. The van der Waals surface area contributed by atoms with Gasteiger partial charge in [0.05, 0.1) is 25.0 Å². The van der Waals surface area contributed by atoms with E-state index in [1.165, 1.54) is 6.26 Å². The zero-order valence-electron chi connectivity index (χ0n) is 12.7. The number of benzene rings is 1. The molecule has 1 rings (SSSR count). The van der Waals surface area contributed by atoms with Gasteiger partial charge in [0.15, 0.2) is 0 Å². The van der Waals surface area contributed by atoms with Gasteiger partial charge in [0.25, 0.3) is 0 Å². The highest BCUT2D eigenvalue weighted by atomic mass is 32.2. The van der Waals surface area contributed by atoms with Gasteiger partial charge in [-0.2, -0.15) is 0 Å². The van der Waals surface area contributed by atoms with Gasteiger partial charge in [-0.25, -0.2) is 8.42 Å². The Bertz CT molecular complexity index is 630. The molecule has 5 nitrogen and oxygen atoms in total. The van der Waals surface area contributed by atoms with E-state index in [-0.39, 0.29) is 5.75 Å². The molecule has 0 spiro atoms. The molecule has 21 heavy (non-hydrogen) atoms. The Hall–Kier alpha value is -1.55. The number of ether oxygens (including phenoxy) is 1. The van der Waals surface area contributed by atoms with E-state index in [2.05, 4.69) is 11.8 Å². The number of rotatable bonds is 6. The fraction of sp³-hybridized carbons (Fsp3) is 0.467. The minimum absolute atomic E-state index is 0.152. The molecule has 0 amide bonds. The number of nitrogens with zero attached hydrogens (tertiary/aromatic N) is 1. The lowest BCUT2D eigenvalue weighted by Gasteiger charge is -2.16. The Morgan fingerprint density at radius 2 is 2.10 bits per heavy atom. The van der Waals surface area contributed by atoms with E-state index in [1.54, 1.807) is 7.11 Å². The van der Waals surface area contributed by atoms with E-state index in [0.717, 1.165) is 11.1 Å². The summed E-state index contributed by atoms with van der Waals surface area (Å²) in [6.07, 6.45) is 1.24. The van der Waals surface area contributed by atoms with Crippen molar-refractivity contribution in [3.63, 3.8) is 0 Å². The van der Waals surface area contributed by atoms with Crippen molar-refractivity contribution < 1.29 is 13.2 Å². The number of hydrogen-bond donors (Lipinski definition) is 1. The summed E-state index contributed by atoms with van der Waals surface area (Å²) in [5.41, 5.74) is 7.23. The van der Waals surface area contributed by atoms with Crippen LogP contribution in [-0.4, -0.2) is 52.6 Å². The summed E-state index contributed by atoms with van der Waals surface area (Å²) in [6, 6.07) is 5.75. The second-order valence-corrected chi connectivity index (χ2v) is 7.17. The molecular weight excluding hydrogens is 288 g/mol. The van der Waals surface area contributed by atoms with Crippen LogP contribution in [0.3, 0.4) is 0 Å². The van der Waals surface area contributed by atoms with Gasteiger partial charge in [-0.05, 0) is 24.7 Å². The third kappa shape index (κ3) is 6.63. The molecule has 2 N–H and O–H groups in total. The van der Waals surface area contributed by atoms with E-state index < -0.39 is 9.84 Å². The fourth-order valence-corrected chi connectivity index (χ4v) is 2.45. The average molecular weight is 310 g/mol. The molecule has 0 aliphatic carbocycles. The summed E-state index contributed by atoms with van der Waals surface area (Å²) in [6.45, 7) is 1.44. The third-order valence-corrected chi connectivity index (χ3v) is 3.81. The van der Waals surface area contributed by atoms with Gasteiger partial charge < -0.3 is 15.4 Å². The maximum absolute atomic E-state index is 11.2. The summed E-state index contributed by atoms with van der Waals surface area (Å²) in [4.78, 5) is 1.96. The van der Waals surface area contributed by atoms with Crippen LogP contribution in [0, 0.1) is 11.8 Å². The molecular formula is C15H22N2O3S. The SMILES string of the molecule is COc1ccc(CN(C)CCS(C)(=O)=O)cc1C#CCN. The fourth-order valence-electron chi connectivity index (χ4n) is 1.81. The Morgan fingerprint density at radius 3 is 2.67 bits per heavy atom. The predicted molar refractivity (Wildman–Crippen MR) is 85.0 cm³/mol. The molecule has 0 saturated carbocycles. The molecule has 6 heteroatoms. The molecule has 0 saturated heterocycles. The molecule has 116 valence electrons. The highest BCUT2D eigenvalue weighted by Crippen LogP contribution is 2.19. The van der Waals surface area contributed by atoms with Crippen LogP contribution in [0.5, 0.6) is 5.75 Å². The van der Waals surface area contributed by atoms with Gasteiger partial charge in [-0.15, -0.1) is 0 Å². The third-order valence-electron chi connectivity index (χ3n) is 2.89. The van der Waals surface area contributed by atoms with Crippen LogP contribution >= 0.6 is 0 Å². The van der Waals surface area contributed by atoms with Crippen molar-refractivity contribution in [3.8, 4) is 17.6 Å². The highest BCUT2D eigenvalue weighted by molar-refractivity contribution is 7.90. The minimum Gasteiger partial charge on any atom is -0.495 e. The van der Waals surface area contributed by atoms with Gasteiger partial charge >= 0.3 is 0 Å². The summed E-state index contributed by atoms with van der Waals surface area (Å²) in [7, 11) is 0.547. The molecule has 1 aromatic rings. The van der Waals surface area contributed by atoms with Crippen molar-refractivity contribution in [2.45, 2.75) is 6.54 Å². The monoisotopic (exact) mass is 310 g/mol. The lowest BCUT2D eigenvalue weighted by Crippen LogP contribution is -2.24. The van der Waals surface area contributed by atoms with E-state index in [4.69, 9.17) is 10.5 Å². The number of methoxy groups -OCH3 is 1. The summed E-state index contributed by atoms with van der Waals surface area (Å²) in [5, 5.41) is 0. The minimum atomic E-state index is -2.94. The predicted octanol–water partition coefficient (Wildman–Crippen LogP) is 0.482. The molecule has 0 aliphatic heterocycles. The standard InChI is InChI=1S/C15H22N2O3S/c1-17(9-10-21(3,18)19)12-13-6-7-15(20-2)14(11-13)5-4-8-16/h6-7,11H,8-10,12,16H2,1-3H3. The molecule has 0 aromatic heterocycles.